The Morgan fingerprint density at radius 2 is 1.77 bits per heavy atom. The third-order valence-electron chi connectivity index (χ3n) is 2.77. The van der Waals surface area contributed by atoms with Crippen LogP contribution in [-0.4, -0.2) is 21.6 Å². The minimum absolute atomic E-state index is 0.162. The lowest BCUT2D eigenvalue weighted by atomic mass is 10.2. The Kier molecular flexibility index (Phi) is 5.55. The zero-order valence-electron chi connectivity index (χ0n) is 12.6. The molecule has 1 heterocycles. The summed E-state index contributed by atoms with van der Waals surface area (Å²) in [7, 11) is 0. The summed E-state index contributed by atoms with van der Waals surface area (Å²) in [6.07, 6.45) is 0. The second kappa shape index (κ2) is 7.61. The molecule has 1 amide bonds. The second-order valence-electron chi connectivity index (χ2n) is 4.74. The van der Waals surface area contributed by atoms with Gasteiger partial charge in [0.25, 0.3) is 0 Å². The van der Waals surface area contributed by atoms with E-state index in [9.17, 15) is 4.79 Å². The Morgan fingerprint density at radius 1 is 1.14 bits per heavy atom. The highest BCUT2D eigenvalue weighted by molar-refractivity contribution is 7.99. The van der Waals surface area contributed by atoms with Gasteiger partial charge in [-0.05, 0) is 25.5 Å². The van der Waals surface area contributed by atoms with Crippen molar-refractivity contribution in [1.82, 2.24) is 20.8 Å². The lowest BCUT2D eigenvalue weighted by Crippen LogP contribution is -2.37. The molecule has 2 rings (SSSR count). The predicted octanol–water partition coefficient (Wildman–Crippen LogP) is 2.48. The number of carbonyl (C=O) groups is 1. The number of amides is 1. The molecule has 2 aromatic rings. The summed E-state index contributed by atoms with van der Waals surface area (Å²) in [5.74, 6) is 0.0719. The first-order chi connectivity index (χ1) is 10.5. The summed E-state index contributed by atoms with van der Waals surface area (Å²) in [6.45, 7) is 7.69. The van der Waals surface area contributed by atoms with Gasteiger partial charge in [0.05, 0.1) is 11.4 Å². The summed E-state index contributed by atoms with van der Waals surface area (Å²) in [6, 6.07) is 11.5. The molecule has 2 N–H and O–H groups in total. The van der Waals surface area contributed by atoms with Gasteiger partial charge in [0.2, 0.25) is 5.91 Å². The van der Waals surface area contributed by atoms with Gasteiger partial charge in [0, 0.05) is 11.4 Å². The van der Waals surface area contributed by atoms with Crippen LogP contribution in [0.2, 0.25) is 0 Å². The molecule has 6 heteroatoms. The SMILES string of the molecule is C=C(NNC(=O)CSc1nc(C)cc(C)n1)c1ccccc1. The number of hydrogen-bond donors (Lipinski definition) is 2. The standard InChI is InChI=1S/C16H18N4OS/c1-11-9-12(2)18-16(17-11)22-10-15(21)20-19-13(3)14-7-5-4-6-8-14/h4-9,19H,3,10H2,1-2H3,(H,20,21). The number of rotatable bonds is 6. The van der Waals surface area contributed by atoms with Crippen LogP contribution in [0.25, 0.3) is 5.70 Å². The van der Waals surface area contributed by atoms with Crippen molar-refractivity contribution >= 4 is 23.4 Å². The molecule has 0 radical (unpaired) electrons. The quantitative estimate of drug-likeness (QED) is 0.487. The minimum atomic E-state index is -0.162. The lowest BCUT2D eigenvalue weighted by Gasteiger charge is -2.11. The van der Waals surface area contributed by atoms with Crippen LogP contribution >= 0.6 is 11.8 Å². The largest absolute Gasteiger partial charge is 0.299 e. The van der Waals surface area contributed by atoms with Crippen molar-refractivity contribution in [1.29, 1.82) is 0 Å². The third kappa shape index (κ3) is 4.89. The molecule has 1 aromatic carbocycles. The fourth-order valence-electron chi connectivity index (χ4n) is 1.78. The molecule has 0 bridgehead atoms. The van der Waals surface area contributed by atoms with Crippen LogP contribution in [0.4, 0.5) is 0 Å². The molecule has 0 aliphatic heterocycles. The Labute approximate surface area is 134 Å². The van der Waals surface area contributed by atoms with Gasteiger partial charge in [-0.2, -0.15) is 0 Å². The first-order valence-corrected chi connectivity index (χ1v) is 7.77. The van der Waals surface area contributed by atoms with E-state index in [0.29, 0.717) is 10.9 Å². The van der Waals surface area contributed by atoms with Crippen LogP contribution in [0.1, 0.15) is 17.0 Å². The van der Waals surface area contributed by atoms with E-state index in [1.54, 1.807) is 0 Å². The van der Waals surface area contributed by atoms with Gasteiger partial charge in [-0.3, -0.25) is 15.6 Å². The number of hydrazine groups is 1. The summed E-state index contributed by atoms with van der Waals surface area (Å²) in [4.78, 5) is 20.4. The molecule has 114 valence electrons. The van der Waals surface area contributed by atoms with Gasteiger partial charge in [-0.15, -0.1) is 0 Å². The fraction of sp³-hybridized carbons (Fsp3) is 0.188. The molecule has 0 aliphatic carbocycles. The maximum absolute atomic E-state index is 11.8. The average molecular weight is 314 g/mol. The molecule has 0 fully saturated rings. The molecule has 0 atom stereocenters. The predicted molar refractivity (Wildman–Crippen MR) is 89.0 cm³/mol. The number of benzene rings is 1. The van der Waals surface area contributed by atoms with E-state index in [-0.39, 0.29) is 11.7 Å². The smallest absolute Gasteiger partial charge is 0.248 e. The van der Waals surface area contributed by atoms with E-state index in [1.165, 1.54) is 11.8 Å². The number of aromatic nitrogens is 2. The monoisotopic (exact) mass is 314 g/mol. The first kappa shape index (κ1) is 16.0. The average Bonchev–Trinajstić information content (AvgIpc) is 2.50. The zero-order valence-corrected chi connectivity index (χ0v) is 13.4. The normalized spacial score (nSPS) is 10.1. The molecule has 0 aliphatic rings. The highest BCUT2D eigenvalue weighted by Crippen LogP contribution is 2.13. The van der Waals surface area contributed by atoms with Gasteiger partial charge in [-0.1, -0.05) is 48.7 Å². The maximum atomic E-state index is 11.8. The second-order valence-corrected chi connectivity index (χ2v) is 5.68. The summed E-state index contributed by atoms with van der Waals surface area (Å²) in [5.41, 5.74) is 8.78. The van der Waals surface area contributed by atoms with Crippen molar-refractivity contribution in [3.8, 4) is 0 Å². The highest BCUT2D eigenvalue weighted by Gasteiger charge is 2.06. The van der Waals surface area contributed by atoms with E-state index in [4.69, 9.17) is 0 Å². The van der Waals surface area contributed by atoms with Gasteiger partial charge < -0.3 is 0 Å². The van der Waals surface area contributed by atoms with Crippen molar-refractivity contribution < 1.29 is 4.79 Å². The molecule has 0 spiro atoms. The van der Waals surface area contributed by atoms with Gasteiger partial charge in [-0.25, -0.2) is 9.97 Å². The molecular formula is C16H18N4OS. The molecule has 0 saturated carbocycles. The van der Waals surface area contributed by atoms with Crippen LogP contribution in [0.5, 0.6) is 0 Å². The van der Waals surface area contributed by atoms with Crippen LogP contribution in [0.15, 0.2) is 48.1 Å². The summed E-state index contributed by atoms with van der Waals surface area (Å²) >= 11 is 1.30. The van der Waals surface area contributed by atoms with E-state index >= 15 is 0 Å². The Morgan fingerprint density at radius 3 is 2.41 bits per heavy atom. The van der Waals surface area contributed by atoms with Crippen LogP contribution < -0.4 is 10.9 Å². The molecule has 5 nitrogen and oxygen atoms in total. The van der Waals surface area contributed by atoms with Gasteiger partial charge in [0.15, 0.2) is 5.16 Å². The number of aryl methyl sites for hydroxylation is 2. The van der Waals surface area contributed by atoms with Crippen molar-refractivity contribution in [3.63, 3.8) is 0 Å². The van der Waals surface area contributed by atoms with E-state index < -0.39 is 0 Å². The Balaban J connectivity index is 1.80. The summed E-state index contributed by atoms with van der Waals surface area (Å²) < 4.78 is 0. The Bertz CT molecular complexity index is 653. The van der Waals surface area contributed by atoms with Gasteiger partial charge >= 0.3 is 0 Å². The highest BCUT2D eigenvalue weighted by atomic mass is 32.2. The number of nitrogens with one attached hydrogen (secondary N) is 2. The number of carbonyl (C=O) groups excluding carboxylic acids is 1. The van der Waals surface area contributed by atoms with E-state index in [1.807, 2.05) is 50.2 Å². The molecular weight excluding hydrogens is 296 g/mol. The molecule has 22 heavy (non-hydrogen) atoms. The maximum Gasteiger partial charge on any atom is 0.248 e. The van der Waals surface area contributed by atoms with Gasteiger partial charge in [0.1, 0.15) is 0 Å². The molecule has 0 saturated heterocycles. The molecule has 1 aromatic heterocycles. The third-order valence-corrected chi connectivity index (χ3v) is 3.62. The van der Waals surface area contributed by atoms with Crippen LogP contribution in [-0.2, 0) is 4.79 Å². The van der Waals surface area contributed by atoms with Crippen molar-refractivity contribution in [2.45, 2.75) is 19.0 Å². The number of hydrogen-bond acceptors (Lipinski definition) is 5. The first-order valence-electron chi connectivity index (χ1n) is 6.79. The van der Waals surface area contributed by atoms with E-state index in [2.05, 4.69) is 27.4 Å². The van der Waals surface area contributed by atoms with E-state index in [0.717, 1.165) is 17.0 Å². The van der Waals surface area contributed by atoms with Crippen molar-refractivity contribution in [3.05, 3.63) is 59.9 Å². The Hall–Kier alpha value is -2.34. The summed E-state index contributed by atoms with van der Waals surface area (Å²) in [5, 5.41) is 0.606. The number of thioether (sulfide) groups is 1. The van der Waals surface area contributed by atoms with Crippen LogP contribution in [0.3, 0.4) is 0 Å². The zero-order chi connectivity index (χ0) is 15.9. The molecule has 0 unspecified atom stereocenters. The number of nitrogens with zero attached hydrogens (tertiary/aromatic N) is 2. The topological polar surface area (TPSA) is 66.9 Å². The van der Waals surface area contributed by atoms with Crippen molar-refractivity contribution in [2.24, 2.45) is 0 Å². The lowest BCUT2D eigenvalue weighted by molar-refractivity contribution is -0.119. The minimum Gasteiger partial charge on any atom is -0.299 e. The fourth-order valence-corrected chi connectivity index (χ4v) is 2.53. The van der Waals surface area contributed by atoms with Crippen molar-refractivity contribution in [2.75, 3.05) is 5.75 Å². The van der Waals surface area contributed by atoms with Crippen LogP contribution in [0, 0.1) is 13.8 Å².